The number of amidine groups is 1. The Kier molecular flexibility index (Phi) is 4.61. The average molecular weight is 365 g/mol. The molecule has 2 N–H and O–H groups in total. The van der Waals surface area contributed by atoms with Crippen LogP contribution in [-0.4, -0.2) is 17.9 Å². The van der Waals surface area contributed by atoms with Crippen LogP contribution in [0.3, 0.4) is 0 Å². The predicted molar refractivity (Wildman–Crippen MR) is 85.7 cm³/mol. The normalized spacial score (nSPS) is 13.8. The number of aliphatic imine (C=N–C) groups is 1. The van der Waals surface area contributed by atoms with Crippen LogP contribution in [0, 0.1) is 5.82 Å². The van der Waals surface area contributed by atoms with E-state index in [0.29, 0.717) is 6.26 Å². The molecule has 0 saturated heterocycles. The average Bonchev–Trinajstić information content (AvgIpc) is 2.63. The highest BCUT2D eigenvalue weighted by atomic mass is 19.4. The minimum Gasteiger partial charge on any atom is -0.386 e. The maximum atomic E-state index is 13.6. The largest absolute Gasteiger partial charge is 0.436 e. The van der Waals surface area contributed by atoms with E-state index in [4.69, 9.17) is 0 Å². The lowest BCUT2D eigenvalue weighted by Crippen LogP contribution is -2.29. The minimum atomic E-state index is -4.65. The van der Waals surface area contributed by atoms with Crippen LogP contribution in [-0.2, 0) is 4.84 Å². The zero-order valence-electron chi connectivity index (χ0n) is 13.0. The molecule has 0 bridgehead atoms. The smallest absolute Gasteiger partial charge is 0.386 e. The molecular formula is C17H11F4N3O2. The van der Waals surface area contributed by atoms with Gasteiger partial charge in [-0.25, -0.2) is 14.9 Å². The maximum absolute atomic E-state index is 13.6. The number of amides is 1. The van der Waals surface area contributed by atoms with Crippen LogP contribution in [0.25, 0.3) is 0 Å². The van der Waals surface area contributed by atoms with E-state index >= 15 is 0 Å². The fourth-order valence-electron chi connectivity index (χ4n) is 2.10. The molecule has 2 aromatic carbocycles. The van der Waals surface area contributed by atoms with Gasteiger partial charge in [-0.3, -0.25) is 4.79 Å². The van der Waals surface area contributed by atoms with Gasteiger partial charge >= 0.3 is 6.18 Å². The number of rotatable bonds is 3. The van der Waals surface area contributed by atoms with Crippen molar-refractivity contribution in [2.24, 2.45) is 4.99 Å². The van der Waals surface area contributed by atoms with E-state index in [2.05, 4.69) is 20.6 Å². The van der Waals surface area contributed by atoms with Gasteiger partial charge in [0.05, 0.1) is 5.69 Å². The van der Waals surface area contributed by atoms with Crippen molar-refractivity contribution < 1.29 is 27.2 Å². The summed E-state index contributed by atoms with van der Waals surface area (Å²) in [5.74, 6) is -1.30. The quantitative estimate of drug-likeness (QED) is 0.814. The van der Waals surface area contributed by atoms with Crippen LogP contribution in [0.1, 0.15) is 15.9 Å². The summed E-state index contributed by atoms with van der Waals surface area (Å²) in [6, 6.07) is 11.2. The fraction of sp³-hybridized carbons (Fsp3) is 0.0588. The van der Waals surface area contributed by atoms with Crippen molar-refractivity contribution in [3.63, 3.8) is 0 Å². The molecule has 1 heterocycles. The van der Waals surface area contributed by atoms with E-state index in [1.807, 2.05) is 0 Å². The van der Waals surface area contributed by atoms with Gasteiger partial charge in [0.15, 0.2) is 11.5 Å². The van der Waals surface area contributed by atoms with Gasteiger partial charge in [0, 0.05) is 11.1 Å². The molecule has 1 aliphatic heterocycles. The van der Waals surface area contributed by atoms with Crippen molar-refractivity contribution in [3.05, 3.63) is 77.4 Å². The van der Waals surface area contributed by atoms with Crippen molar-refractivity contribution in [2.45, 2.75) is 6.18 Å². The number of allylic oxidation sites excluding steroid dienone is 1. The van der Waals surface area contributed by atoms with Crippen LogP contribution in [0.4, 0.5) is 23.2 Å². The molecule has 0 saturated carbocycles. The van der Waals surface area contributed by atoms with Gasteiger partial charge in [-0.2, -0.15) is 13.2 Å². The second-order valence-corrected chi connectivity index (χ2v) is 5.19. The van der Waals surface area contributed by atoms with Gasteiger partial charge in [-0.1, -0.05) is 24.3 Å². The van der Waals surface area contributed by atoms with E-state index in [1.165, 1.54) is 42.5 Å². The number of hydroxylamine groups is 1. The van der Waals surface area contributed by atoms with Gasteiger partial charge in [0.25, 0.3) is 5.91 Å². The van der Waals surface area contributed by atoms with Crippen LogP contribution in [0.5, 0.6) is 0 Å². The van der Waals surface area contributed by atoms with Gasteiger partial charge in [0.2, 0.25) is 0 Å². The van der Waals surface area contributed by atoms with Crippen LogP contribution >= 0.6 is 0 Å². The van der Waals surface area contributed by atoms with Gasteiger partial charge in [-0.05, 0) is 24.3 Å². The summed E-state index contributed by atoms with van der Waals surface area (Å²) in [6.07, 6.45) is -4.19. The molecule has 0 fully saturated rings. The summed E-state index contributed by atoms with van der Waals surface area (Å²) in [5.41, 5.74) is 1.57. The zero-order chi connectivity index (χ0) is 18.7. The van der Waals surface area contributed by atoms with Crippen molar-refractivity contribution >= 4 is 17.4 Å². The number of hydrogen-bond acceptors (Lipinski definition) is 4. The van der Waals surface area contributed by atoms with Gasteiger partial charge in [0.1, 0.15) is 12.1 Å². The molecule has 134 valence electrons. The lowest BCUT2D eigenvalue weighted by molar-refractivity contribution is -0.0960. The number of hydrogen-bond donors (Lipinski definition) is 2. The first-order valence-corrected chi connectivity index (χ1v) is 7.28. The standard InChI is InChI=1S/C17H11F4N3O2/c18-12-3-1-2-4-13(12)22-16(25)11-7-5-10(6-8-11)15-23-14(9-26-24-15)17(19,20)21/h1-9H,(H,22,25)(H,23,24). The van der Waals surface area contributed by atoms with E-state index in [1.54, 1.807) is 6.07 Å². The van der Waals surface area contributed by atoms with Gasteiger partial charge in [-0.15, -0.1) is 0 Å². The first-order chi connectivity index (χ1) is 12.3. The number of alkyl halides is 3. The van der Waals surface area contributed by atoms with E-state index in [-0.39, 0.29) is 22.6 Å². The van der Waals surface area contributed by atoms with Crippen molar-refractivity contribution in [1.82, 2.24) is 5.48 Å². The number of anilines is 1. The number of carbonyl (C=O) groups excluding carboxylic acids is 1. The Hall–Kier alpha value is -3.36. The first-order valence-electron chi connectivity index (χ1n) is 7.28. The third kappa shape index (κ3) is 3.82. The molecule has 0 aromatic heterocycles. The summed E-state index contributed by atoms with van der Waals surface area (Å²) in [7, 11) is 0. The third-order valence-electron chi connectivity index (χ3n) is 3.39. The molecule has 26 heavy (non-hydrogen) atoms. The predicted octanol–water partition coefficient (Wildman–Crippen LogP) is 3.76. The topological polar surface area (TPSA) is 62.7 Å². The van der Waals surface area contributed by atoms with E-state index in [9.17, 15) is 22.4 Å². The summed E-state index contributed by atoms with van der Waals surface area (Å²) in [6.45, 7) is 0. The Bertz CT molecular complexity index is 890. The second kappa shape index (κ2) is 6.87. The minimum absolute atomic E-state index is 0.0215. The summed E-state index contributed by atoms with van der Waals surface area (Å²) >= 11 is 0. The Morgan fingerprint density at radius 1 is 1.08 bits per heavy atom. The number of nitrogens with one attached hydrogen (secondary N) is 2. The molecule has 9 heteroatoms. The van der Waals surface area contributed by atoms with E-state index in [0.717, 1.165) is 0 Å². The fourth-order valence-corrected chi connectivity index (χ4v) is 2.10. The molecule has 3 rings (SSSR count). The number of halogens is 4. The lowest BCUT2D eigenvalue weighted by atomic mass is 10.1. The maximum Gasteiger partial charge on any atom is 0.436 e. The first kappa shape index (κ1) is 17.5. The Morgan fingerprint density at radius 3 is 2.42 bits per heavy atom. The molecule has 0 spiro atoms. The highest BCUT2D eigenvalue weighted by Crippen LogP contribution is 2.28. The van der Waals surface area contributed by atoms with Crippen molar-refractivity contribution in [1.29, 1.82) is 0 Å². The van der Waals surface area contributed by atoms with Crippen molar-refractivity contribution in [3.8, 4) is 0 Å². The molecule has 2 aromatic rings. The monoisotopic (exact) mass is 365 g/mol. The highest BCUT2D eigenvalue weighted by Gasteiger charge is 2.36. The summed E-state index contributed by atoms with van der Waals surface area (Å²) in [4.78, 5) is 20.1. The molecule has 0 radical (unpaired) electrons. The SMILES string of the molecule is O=C(Nc1ccccc1F)c1ccc(C2=NC(C(F)(F)F)=CON2)cc1. The van der Waals surface area contributed by atoms with Crippen molar-refractivity contribution in [2.75, 3.05) is 5.32 Å². The number of carbonyl (C=O) groups is 1. The Balaban J connectivity index is 1.77. The van der Waals surface area contributed by atoms with Gasteiger partial charge < -0.3 is 10.2 Å². The lowest BCUT2D eigenvalue weighted by Gasteiger charge is -2.16. The number of nitrogens with zero attached hydrogens (tertiary/aromatic N) is 1. The highest BCUT2D eigenvalue weighted by molar-refractivity contribution is 6.05. The van der Waals surface area contributed by atoms with Crippen LogP contribution in [0.15, 0.2) is 65.5 Å². The molecule has 0 atom stereocenters. The number of benzene rings is 2. The number of para-hydroxylation sites is 1. The Morgan fingerprint density at radius 2 is 1.77 bits per heavy atom. The van der Waals surface area contributed by atoms with E-state index < -0.39 is 23.6 Å². The Labute approximate surface area is 145 Å². The molecule has 1 aliphatic rings. The third-order valence-corrected chi connectivity index (χ3v) is 3.39. The zero-order valence-corrected chi connectivity index (χ0v) is 13.0. The summed E-state index contributed by atoms with van der Waals surface area (Å²) in [5, 5.41) is 2.41. The molecular weight excluding hydrogens is 354 g/mol. The molecule has 1 amide bonds. The van der Waals surface area contributed by atoms with Crippen LogP contribution in [0.2, 0.25) is 0 Å². The molecule has 0 aliphatic carbocycles. The molecule has 5 nitrogen and oxygen atoms in total. The summed E-state index contributed by atoms with van der Waals surface area (Å²) < 4.78 is 51.6. The molecule has 0 unspecified atom stereocenters. The second-order valence-electron chi connectivity index (χ2n) is 5.19. The van der Waals surface area contributed by atoms with Crippen LogP contribution < -0.4 is 10.8 Å².